The Morgan fingerprint density at radius 3 is 2.65 bits per heavy atom. The van der Waals surface area contributed by atoms with E-state index >= 15 is 0 Å². The Kier molecular flexibility index (Phi) is 5.37. The van der Waals surface area contributed by atoms with Gasteiger partial charge in [0.1, 0.15) is 11.3 Å². The number of allylic oxidation sites excluding steroid dienone is 1. The Labute approximate surface area is 154 Å². The molecule has 5 nitrogen and oxygen atoms in total. The highest BCUT2D eigenvalue weighted by atomic mass is 16.5. The Bertz CT molecular complexity index is 826. The van der Waals surface area contributed by atoms with E-state index in [1.807, 2.05) is 51.7 Å². The number of furan rings is 1. The predicted molar refractivity (Wildman–Crippen MR) is 102 cm³/mol. The SMILES string of the molecule is CCOc1cc2occ(C)c2cc1/C(C)=C/C(=O)N1CC(C)OC(C)C1. The minimum absolute atomic E-state index is 0.0101. The number of hydrogen-bond acceptors (Lipinski definition) is 4. The number of carbonyl (C=O) groups excluding carboxylic acids is 1. The number of aryl methyl sites for hydroxylation is 1. The number of hydrogen-bond donors (Lipinski definition) is 0. The van der Waals surface area contributed by atoms with E-state index in [0.717, 1.165) is 33.4 Å². The van der Waals surface area contributed by atoms with Gasteiger partial charge in [-0.15, -0.1) is 0 Å². The summed E-state index contributed by atoms with van der Waals surface area (Å²) < 4.78 is 17.1. The first-order valence-electron chi connectivity index (χ1n) is 9.16. The number of rotatable bonds is 4. The fourth-order valence-corrected chi connectivity index (χ4v) is 3.48. The normalized spacial score (nSPS) is 21.3. The first-order chi connectivity index (χ1) is 12.4. The summed E-state index contributed by atoms with van der Waals surface area (Å²) >= 11 is 0. The molecule has 2 unspecified atom stereocenters. The van der Waals surface area contributed by atoms with Gasteiger partial charge in [0.25, 0.3) is 0 Å². The number of fused-ring (bicyclic) bond motifs is 1. The van der Waals surface area contributed by atoms with Gasteiger partial charge in [0, 0.05) is 36.2 Å². The molecule has 0 saturated carbocycles. The highest BCUT2D eigenvalue weighted by Crippen LogP contribution is 2.33. The van der Waals surface area contributed by atoms with Crippen molar-refractivity contribution in [2.75, 3.05) is 19.7 Å². The molecule has 1 fully saturated rings. The molecule has 0 spiro atoms. The van der Waals surface area contributed by atoms with Crippen molar-refractivity contribution in [3.63, 3.8) is 0 Å². The van der Waals surface area contributed by atoms with Crippen LogP contribution in [0.1, 0.15) is 38.8 Å². The minimum Gasteiger partial charge on any atom is -0.493 e. The van der Waals surface area contributed by atoms with Gasteiger partial charge in [0.15, 0.2) is 0 Å². The highest BCUT2D eigenvalue weighted by Gasteiger charge is 2.25. The molecule has 2 aromatic rings. The van der Waals surface area contributed by atoms with Crippen LogP contribution in [0.2, 0.25) is 0 Å². The van der Waals surface area contributed by atoms with Crippen molar-refractivity contribution < 1.29 is 18.7 Å². The van der Waals surface area contributed by atoms with Gasteiger partial charge in [0.05, 0.1) is 25.1 Å². The summed E-state index contributed by atoms with van der Waals surface area (Å²) in [4.78, 5) is 14.6. The number of nitrogens with zero attached hydrogens (tertiary/aromatic N) is 1. The zero-order valence-electron chi connectivity index (χ0n) is 16.2. The van der Waals surface area contributed by atoms with Crippen LogP contribution in [0.25, 0.3) is 16.5 Å². The molecule has 1 saturated heterocycles. The van der Waals surface area contributed by atoms with Crippen LogP contribution in [0.4, 0.5) is 0 Å². The Balaban J connectivity index is 1.93. The van der Waals surface area contributed by atoms with E-state index in [2.05, 4.69) is 0 Å². The van der Waals surface area contributed by atoms with Crippen LogP contribution in [-0.4, -0.2) is 42.7 Å². The molecule has 1 aromatic heterocycles. The van der Waals surface area contributed by atoms with Crippen LogP contribution in [0, 0.1) is 6.92 Å². The second-order valence-electron chi connectivity index (χ2n) is 7.02. The molecule has 2 atom stereocenters. The van der Waals surface area contributed by atoms with Crippen LogP contribution in [0.5, 0.6) is 5.75 Å². The summed E-state index contributed by atoms with van der Waals surface area (Å²) in [5.74, 6) is 0.746. The summed E-state index contributed by atoms with van der Waals surface area (Å²) in [5.41, 5.74) is 3.67. The average Bonchev–Trinajstić information content (AvgIpc) is 2.94. The second-order valence-corrected chi connectivity index (χ2v) is 7.02. The maximum atomic E-state index is 12.8. The average molecular weight is 357 g/mol. The molecular formula is C21H27NO4. The van der Waals surface area contributed by atoms with E-state index in [1.165, 1.54) is 0 Å². The number of amides is 1. The van der Waals surface area contributed by atoms with Crippen molar-refractivity contribution in [1.82, 2.24) is 4.90 Å². The molecule has 26 heavy (non-hydrogen) atoms. The molecule has 0 N–H and O–H groups in total. The topological polar surface area (TPSA) is 51.9 Å². The zero-order chi connectivity index (χ0) is 18.8. The maximum absolute atomic E-state index is 12.8. The van der Waals surface area contributed by atoms with Crippen LogP contribution in [0.3, 0.4) is 0 Å². The summed E-state index contributed by atoms with van der Waals surface area (Å²) in [7, 11) is 0. The van der Waals surface area contributed by atoms with Crippen molar-refractivity contribution in [2.24, 2.45) is 0 Å². The molecule has 1 aromatic carbocycles. The molecule has 1 aliphatic heterocycles. The summed E-state index contributed by atoms with van der Waals surface area (Å²) in [6, 6.07) is 3.95. The van der Waals surface area contributed by atoms with Crippen LogP contribution >= 0.6 is 0 Å². The first kappa shape index (κ1) is 18.5. The van der Waals surface area contributed by atoms with Gasteiger partial charge in [0.2, 0.25) is 5.91 Å². The fourth-order valence-electron chi connectivity index (χ4n) is 3.48. The quantitative estimate of drug-likeness (QED) is 0.770. The molecule has 5 heteroatoms. The zero-order valence-corrected chi connectivity index (χ0v) is 16.2. The van der Waals surface area contributed by atoms with Crippen LogP contribution < -0.4 is 4.74 Å². The number of morpholine rings is 1. The molecule has 0 aliphatic carbocycles. The van der Waals surface area contributed by atoms with Crippen LogP contribution in [0.15, 0.2) is 28.9 Å². The van der Waals surface area contributed by atoms with Gasteiger partial charge < -0.3 is 18.8 Å². The third kappa shape index (κ3) is 3.78. The summed E-state index contributed by atoms with van der Waals surface area (Å²) in [6.45, 7) is 11.7. The van der Waals surface area contributed by atoms with Gasteiger partial charge in [-0.2, -0.15) is 0 Å². The monoisotopic (exact) mass is 357 g/mol. The molecule has 2 heterocycles. The maximum Gasteiger partial charge on any atom is 0.247 e. The third-order valence-electron chi connectivity index (χ3n) is 4.67. The summed E-state index contributed by atoms with van der Waals surface area (Å²) in [6.07, 6.45) is 3.55. The number of benzene rings is 1. The third-order valence-corrected chi connectivity index (χ3v) is 4.67. The van der Waals surface area contributed by atoms with Gasteiger partial charge >= 0.3 is 0 Å². The fraction of sp³-hybridized carbons (Fsp3) is 0.476. The molecule has 3 rings (SSSR count). The lowest BCUT2D eigenvalue weighted by Gasteiger charge is -2.34. The van der Waals surface area contributed by atoms with Crippen molar-refractivity contribution in [1.29, 1.82) is 0 Å². The molecule has 140 valence electrons. The van der Waals surface area contributed by atoms with E-state index in [9.17, 15) is 4.79 Å². The predicted octanol–water partition coefficient (Wildman–Crippen LogP) is 4.18. The van der Waals surface area contributed by atoms with E-state index in [1.54, 1.807) is 12.3 Å². The van der Waals surface area contributed by atoms with Crippen molar-refractivity contribution in [3.8, 4) is 5.75 Å². The van der Waals surface area contributed by atoms with Gasteiger partial charge in [-0.3, -0.25) is 4.79 Å². The van der Waals surface area contributed by atoms with E-state index in [-0.39, 0.29) is 18.1 Å². The Hall–Kier alpha value is -2.27. The standard InChI is InChI=1S/C21H27NO4/c1-6-24-19-9-20-18(14(3)12-25-20)8-17(19)13(2)7-21(23)22-10-15(4)26-16(5)11-22/h7-9,12,15-16H,6,10-11H2,1-5H3/b13-7+. The van der Waals surface area contributed by atoms with Crippen LogP contribution in [-0.2, 0) is 9.53 Å². The Morgan fingerprint density at radius 1 is 1.31 bits per heavy atom. The van der Waals surface area contributed by atoms with Gasteiger partial charge in [-0.1, -0.05) is 0 Å². The van der Waals surface area contributed by atoms with E-state index in [4.69, 9.17) is 13.9 Å². The first-order valence-corrected chi connectivity index (χ1v) is 9.16. The minimum atomic E-state index is 0.0101. The number of ether oxygens (including phenoxy) is 2. The summed E-state index contributed by atoms with van der Waals surface area (Å²) in [5, 5.41) is 1.04. The highest BCUT2D eigenvalue weighted by molar-refractivity contribution is 5.97. The molecular weight excluding hydrogens is 330 g/mol. The van der Waals surface area contributed by atoms with Crippen molar-refractivity contribution in [2.45, 2.75) is 46.8 Å². The lowest BCUT2D eigenvalue weighted by molar-refractivity contribution is -0.137. The Morgan fingerprint density at radius 2 is 2.00 bits per heavy atom. The molecule has 0 radical (unpaired) electrons. The number of carbonyl (C=O) groups is 1. The lowest BCUT2D eigenvalue weighted by atomic mass is 10.0. The van der Waals surface area contributed by atoms with E-state index in [0.29, 0.717) is 19.7 Å². The molecule has 1 amide bonds. The van der Waals surface area contributed by atoms with Crippen molar-refractivity contribution >= 4 is 22.4 Å². The van der Waals surface area contributed by atoms with Crippen molar-refractivity contribution in [3.05, 3.63) is 35.6 Å². The largest absolute Gasteiger partial charge is 0.493 e. The van der Waals surface area contributed by atoms with Gasteiger partial charge in [-0.05, 0) is 51.8 Å². The molecule has 1 aliphatic rings. The smallest absolute Gasteiger partial charge is 0.247 e. The van der Waals surface area contributed by atoms with Gasteiger partial charge in [-0.25, -0.2) is 0 Å². The second kappa shape index (κ2) is 7.54. The van der Waals surface area contributed by atoms with E-state index < -0.39 is 0 Å². The lowest BCUT2D eigenvalue weighted by Crippen LogP contribution is -2.47. The molecule has 0 bridgehead atoms.